The zero-order valence-electron chi connectivity index (χ0n) is 20.6. The Morgan fingerprint density at radius 2 is 1.65 bits per heavy atom. The SMILES string of the molecule is CC(C)(C)CC(c1ccc(OC(=O)COc2ccc3cc(C#N)c(=O)oc3c2)cc1)C(C)(C)C. The molecule has 6 heteroatoms. The third-order valence-electron chi connectivity index (χ3n) is 5.56. The molecule has 0 saturated heterocycles. The molecule has 2 aromatic carbocycles. The Kier molecular flexibility index (Phi) is 7.16. The van der Waals surface area contributed by atoms with Gasteiger partial charge in [0.05, 0.1) is 0 Å². The van der Waals surface area contributed by atoms with Crippen molar-refractivity contribution < 1.29 is 18.7 Å². The summed E-state index contributed by atoms with van der Waals surface area (Å²) in [5.74, 6) is 0.631. The third kappa shape index (κ3) is 6.48. The van der Waals surface area contributed by atoms with Gasteiger partial charge in [0, 0.05) is 11.5 Å². The molecular formula is C28H31NO5. The lowest BCUT2D eigenvalue weighted by Gasteiger charge is -2.36. The summed E-state index contributed by atoms with van der Waals surface area (Å²) < 4.78 is 16.1. The van der Waals surface area contributed by atoms with Gasteiger partial charge in [-0.25, -0.2) is 9.59 Å². The summed E-state index contributed by atoms with van der Waals surface area (Å²) in [6.45, 7) is 13.2. The Morgan fingerprint density at radius 1 is 1.00 bits per heavy atom. The lowest BCUT2D eigenvalue weighted by Crippen LogP contribution is -2.23. The van der Waals surface area contributed by atoms with E-state index in [-0.39, 0.29) is 28.6 Å². The first kappa shape index (κ1) is 25.0. The van der Waals surface area contributed by atoms with Gasteiger partial charge in [0.25, 0.3) is 0 Å². The van der Waals surface area contributed by atoms with Crippen LogP contribution in [0.15, 0.2) is 57.7 Å². The van der Waals surface area contributed by atoms with Gasteiger partial charge in [0.2, 0.25) is 0 Å². The fourth-order valence-corrected chi connectivity index (χ4v) is 3.87. The van der Waals surface area contributed by atoms with E-state index in [1.807, 2.05) is 24.3 Å². The van der Waals surface area contributed by atoms with Crippen LogP contribution in [0, 0.1) is 22.2 Å². The first-order valence-corrected chi connectivity index (χ1v) is 11.3. The van der Waals surface area contributed by atoms with E-state index < -0.39 is 11.6 Å². The highest BCUT2D eigenvalue weighted by atomic mass is 16.6. The second kappa shape index (κ2) is 9.72. The molecule has 1 atom stereocenters. The highest BCUT2D eigenvalue weighted by molar-refractivity contribution is 5.79. The minimum absolute atomic E-state index is 0.0667. The van der Waals surface area contributed by atoms with Gasteiger partial charge in [-0.15, -0.1) is 0 Å². The van der Waals surface area contributed by atoms with Crippen LogP contribution in [0.3, 0.4) is 0 Å². The van der Waals surface area contributed by atoms with Crippen LogP contribution in [-0.4, -0.2) is 12.6 Å². The number of fused-ring (bicyclic) bond motifs is 1. The minimum atomic E-state index is -0.716. The van der Waals surface area contributed by atoms with Crippen LogP contribution in [0.2, 0.25) is 0 Å². The van der Waals surface area contributed by atoms with E-state index in [0.717, 1.165) is 6.42 Å². The monoisotopic (exact) mass is 461 g/mol. The fraction of sp³-hybridized carbons (Fsp3) is 0.393. The Labute approximate surface area is 200 Å². The Hall–Kier alpha value is -3.59. The Bertz CT molecular complexity index is 1270. The zero-order valence-corrected chi connectivity index (χ0v) is 20.6. The van der Waals surface area contributed by atoms with Crippen LogP contribution < -0.4 is 15.1 Å². The number of carbonyl (C=O) groups excluding carboxylic acids is 1. The van der Waals surface area contributed by atoms with E-state index in [1.165, 1.54) is 17.7 Å². The molecule has 0 radical (unpaired) electrons. The number of carbonyl (C=O) groups is 1. The van der Waals surface area contributed by atoms with Crippen molar-refractivity contribution in [2.45, 2.75) is 53.9 Å². The van der Waals surface area contributed by atoms with Crippen LogP contribution in [0.5, 0.6) is 11.5 Å². The number of esters is 1. The maximum absolute atomic E-state index is 12.3. The van der Waals surface area contributed by atoms with Crippen LogP contribution in [-0.2, 0) is 4.79 Å². The molecule has 0 aliphatic carbocycles. The molecule has 0 saturated carbocycles. The number of hydrogen-bond donors (Lipinski definition) is 0. The summed E-state index contributed by atoms with van der Waals surface area (Å²) in [7, 11) is 0. The van der Waals surface area contributed by atoms with Gasteiger partial charge in [0.1, 0.15) is 28.7 Å². The quantitative estimate of drug-likeness (QED) is 0.246. The second-order valence-corrected chi connectivity index (χ2v) is 10.8. The number of ether oxygens (including phenoxy) is 2. The summed E-state index contributed by atoms with van der Waals surface area (Å²) in [6, 6.07) is 15.7. The molecule has 1 unspecified atom stereocenters. The molecule has 3 rings (SSSR count). The summed E-state index contributed by atoms with van der Waals surface area (Å²) in [5, 5.41) is 9.52. The Balaban J connectivity index is 1.64. The van der Waals surface area contributed by atoms with Crippen LogP contribution in [0.1, 0.15) is 65.0 Å². The molecule has 6 nitrogen and oxygen atoms in total. The average molecular weight is 462 g/mol. The van der Waals surface area contributed by atoms with Gasteiger partial charge in [-0.2, -0.15) is 5.26 Å². The molecule has 0 aliphatic heterocycles. The molecule has 0 fully saturated rings. The molecule has 178 valence electrons. The van der Waals surface area contributed by atoms with Gasteiger partial charge in [-0.3, -0.25) is 0 Å². The largest absolute Gasteiger partial charge is 0.482 e. The molecule has 0 bridgehead atoms. The van der Waals surface area contributed by atoms with Gasteiger partial charge >= 0.3 is 11.6 Å². The van der Waals surface area contributed by atoms with Crippen molar-refractivity contribution in [1.82, 2.24) is 0 Å². The lowest BCUT2D eigenvalue weighted by atomic mass is 9.69. The highest BCUT2D eigenvalue weighted by Crippen LogP contribution is 2.43. The number of rotatable bonds is 6. The lowest BCUT2D eigenvalue weighted by molar-refractivity contribution is -0.136. The molecule has 1 heterocycles. The van der Waals surface area contributed by atoms with Gasteiger partial charge in [-0.1, -0.05) is 53.7 Å². The zero-order chi connectivity index (χ0) is 25.1. The minimum Gasteiger partial charge on any atom is -0.482 e. The molecule has 3 aromatic rings. The van der Waals surface area contributed by atoms with Gasteiger partial charge in [0.15, 0.2) is 6.61 Å². The van der Waals surface area contributed by atoms with E-state index in [0.29, 0.717) is 22.8 Å². The maximum atomic E-state index is 12.3. The average Bonchev–Trinajstić information content (AvgIpc) is 2.75. The second-order valence-electron chi connectivity index (χ2n) is 10.8. The van der Waals surface area contributed by atoms with Crippen molar-refractivity contribution in [3.8, 4) is 17.6 Å². The first-order valence-electron chi connectivity index (χ1n) is 11.3. The summed E-state index contributed by atoms with van der Waals surface area (Å²) >= 11 is 0. The van der Waals surface area contributed by atoms with Crippen molar-refractivity contribution in [2.75, 3.05) is 6.61 Å². The molecule has 34 heavy (non-hydrogen) atoms. The number of benzene rings is 2. The van der Waals surface area contributed by atoms with Gasteiger partial charge in [-0.05, 0) is 59.1 Å². The van der Waals surface area contributed by atoms with Crippen molar-refractivity contribution in [3.05, 3.63) is 70.1 Å². The molecule has 0 aliphatic rings. The Morgan fingerprint density at radius 3 is 2.24 bits per heavy atom. The van der Waals surface area contributed by atoms with Gasteiger partial charge < -0.3 is 13.9 Å². The van der Waals surface area contributed by atoms with Crippen molar-refractivity contribution in [3.63, 3.8) is 0 Å². The number of hydrogen-bond acceptors (Lipinski definition) is 6. The summed E-state index contributed by atoms with van der Waals surface area (Å²) in [6.07, 6.45) is 1.05. The highest BCUT2D eigenvalue weighted by Gasteiger charge is 2.30. The van der Waals surface area contributed by atoms with Crippen molar-refractivity contribution in [2.24, 2.45) is 10.8 Å². The van der Waals surface area contributed by atoms with E-state index in [9.17, 15) is 9.59 Å². The van der Waals surface area contributed by atoms with Crippen LogP contribution in [0.4, 0.5) is 0 Å². The van der Waals surface area contributed by atoms with E-state index >= 15 is 0 Å². The third-order valence-corrected chi connectivity index (χ3v) is 5.56. The summed E-state index contributed by atoms with van der Waals surface area (Å²) in [5.41, 5.74) is 1.01. The predicted molar refractivity (Wildman–Crippen MR) is 131 cm³/mol. The standard InChI is InChI=1S/C28H31NO5/c1-27(2,3)15-23(28(4,5)6)18-7-10-21(11-8-18)33-25(30)17-32-22-12-9-19-13-20(16-29)26(31)34-24(19)14-22/h7-14,23H,15,17H2,1-6H3. The van der Waals surface area contributed by atoms with Crippen LogP contribution in [0.25, 0.3) is 11.0 Å². The maximum Gasteiger partial charge on any atom is 0.354 e. The number of nitriles is 1. The van der Waals surface area contributed by atoms with E-state index in [2.05, 4.69) is 41.5 Å². The molecule has 0 spiro atoms. The topological polar surface area (TPSA) is 89.5 Å². The van der Waals surface area contributed by atoms with E-state index in [1.54, 1.807) is 18.2 Å². The van der Waals surface area contributed by atoms with Crippen molar-refractivity contribution in [1.29, 1.82) is 5.26 Å². The molecular weight excluding hydrogens is 430 g/mol. The van der Waals surface area contributed by atoms with E-state index in [4.69, 9.17) is 19.2 Å². The van der Waals surface area contributed by atoms with Crippen molar-refractivity contribution >= 4 is 16.9 Å². The molecule has 1 aromatic heterocycles. The number of nitrogens with zero attached hydrogens (tertiary/aromatic N) is 1. The smallest absolute Gasteiger partial charge is 0.354 e. The molecule has 0 N–H and O–H groups in total. The van der Waals surface area contributed by atoms with Crippen LogP contribution >= 0.6 is 0 Å². The first-order chi connectivity index (χ1) is 15.9. The molecule has 0 amide bonds. The summed E-state index contributed by atoms with van der Waals surface area (Å²) in [4.78, 5) is 24.0. The normalized spacial score (nSPS) is 12.7. The fourth-order valence-electron chi connectivity index (χ4n) is 3.87. The predicted octanol–water partition coefficient (Wildman–Crippen LogP) is 6.21.